The summed E-state index contributed by atoms with van der Waals surface area (Å²) >= 11 is 0. The molecule has 0 fully saturated rings. The van der Waals surface area contributed by atoms with Gasteiger partial charge < -0.3 is 15.4 Å². The van der Waals surface area contributed by atoms with Crippen LogP contribution in [0.25, 0.3) is 0 Å². The highest BCUT2D eigenvalue weighted by molar-refractivity contribution is 14.0. The van der Waals surface area contributed by atoms with Gasteiger partial charge in [-0.1, -0.05) is 12.1 Å². The van der Waals surface area contributed by atoms with Crippen molar-refractivity contribution in [1.29, 1.82) is 0 Å². The average molecular weight is 391 g/mol. The lowest BCUT2D eigenvalue weighted by atomic mass is 10.1. The van der Waals surface area contributed by atoms with E-state index in [2.05, 4.69) is 48.5 Å². The monoisotopic (exact) mass is 391 g/mol. The molecule has 2 N–H and O–H groups in total. The number of methoxy groups -OCH3 is 1. The number of guanidine groups is 1. The van der Waals surface area contributed by atoms with Gasteiger partial charge in [-0.15, -0.1) is 24.0 Å². The molecule has 0 radical (unpaired) electrons. The van der Waals surface area contributed by atoms with Crippen LogP contribution in [0.3, 0.4) is 0 Å². The Kier molecular flexibility index (Phi) is 10.2. The number of halogens is 1. The van der Waals surface area contributed by atoms with Crippen LogP contribution < -0.4 is 15.4 Å². The maximum absolute atomic E-state index is 5.14. The predicted molar refractivity (Wildman–Crippen MR) is 96.4 cm³/mol. The molecule has 1 aromatic rings. The lowest BCUT2D eigenvalue weighted by molar-refractivity contribution is 0.414. The largest absolute Gasteiger partial charge is 0.497 e. The van der Waals surface area contributed by atoms with Crippen LogP contribution in [-0.2, 0) is 6.42 Å². The molecule has 20 heavy (non-hydrogen) atoms. The van der Waals surface area contributed by atoms with E-state index >= 15 is 0 Å². The van der Waals surface area contributed by atoms with Crippen LogP contribution in [-0.4, -0.2) is 32.2 Å². The second kappa shape index (κ2) is 10.8. The molecule has 0 heterocycles. The fourth-order valence-corrected chi connectivity index (χ4v) is 1.68. The topological polar surface area (TPSA) is 45.7 Å². The minimum Gasteiger partial charge on any atom is -0.497 e. The second-order valence-electron chi connectivity index (χ2n) is 4.66. The highest BCUT2D eigenvalue weighted by Crippen LogP contribution is 2.11. The summed E-state index contributed by atoms with van der Waals surface area (Å²) in [6.45, 7) is 7.93. The van der Waals surface area contributed by atoms with E-state index in [4.69, 9.17) is 4.74 Å². The lowest BCUT2D eigenvalue weighted by Crippen LogP contribution is -2.41. The maximum atomic E-state index is 5.14. The van der Waals surface area contributed by atoms with Crippen molar-refractivity contribution in [3.63, 3.8) is 0 Å². The van der Waals surface area contributed by atoms with Crippen molar-refractivity contribution >= 4 is 29.9 Å². The quantitative estimate of drug-likeness (QED) is 0.446. The number of nitrogens with one attached hydrogen (secondary N) is 2. The normalized spacial score (nSPS) is 10.9. The summed E-state index contributed by atoms with van der Waals surface area (Å²) in [5, 5.41) is 6.54. The van der Waals surface area contributed by atoms with Crippen LogP contribution in [0, 0.1) is 0 Å². The predicted octanol–water partition coefficient (Wildman–Crippen LogP) is 2.82. The van der Waals surface area contributed by atoms with Crippen molar-refractivity contribution in [2.75, 3.05) is 20.2 Å². The van der Waals surface area contributed by atoms with E-state index in [1.54, 1.807) is 7.11 Å². The molecular formula is C15H26IN3O. The first-order valence-electron chi connectivity index (χ1n) is 6.83. The molecule has 0 bridgehead atoms. The molecule has 0 aliphatic rings. The minimum atomic E-state index is 0. The fraction of sp³-hybridized carbons (Fsp3) is 0.533. The average Bonchev–Trinajstić information content (AvgIpc) is 2.39. The molecule has 0 spiro atoms. The Morgan fingerprint density at radius 2 is 1.90 bits per heavy atom. The van der Waals surface area contributed by atoms with Crippen molar-refractivity contribution in [3.8, 4) is 5.75 Å². The first-order valence-corrected chi connectivity index (χ1v) is 6.83. The zero-order valence-electron chi connectivity index (χ0n) is 12.8. The molecule has 0 aromatic heterocycles. The molecule has 0 saturated carbocycles. The van der Waals surface area contributed by atoms with Crippen LogP contribution >= 0.6 is 24.0 Å². The third-order valence-corrected chi connectivity index (χ3v) is 2.60. The van der Waals surface area contributed by atoms with Gasteiger partial charge in [0.15, 0.2) is 5.96 Å². The van der Waals surface area contributed by atoms with Gasteiger partial charge in [-0.05, 0) is 44.9 Å². The number of hydrogen-bond acceptors (Lipinski definition) is 2. The van der Waals surface area contributed by atoms with Crippen molar-refractivity contribution in [2.24, 2.45) is 4.99 Å². The molecule has 1 rings (SSSR count). The molecule has 0 aliphatic carbocycles. The smallest absolute Gasteiger partial charge is 0.191 e. The van der Waals surface area contributed by atoms with Gasteiger partial charge in [0, 0.05) is 19.1 Å². The first kappa shape index (κ1) is 19.0. The Morgan fingerprint density at radius 3 is 2.40 bits per heavy atom. The summed E-state index contributed by atoms with van der Waals surface area (Å²) in [5.74, 6) is 1.77. The molecule has 1 aromatic carbocycles. The standard InChI is InChI=1S/C15H25N3O.HI/c1-5-16-15(18-12(2)3)17-11-10-13-6-8-14(19-4)9-7-13;/h6-9,12H,5,10-11H2,1-4H3,(H2,16,17,18);1H. The summed E-state index contributed by atoms with van der Waals surface area (Å²) in [6, 6.07) is 8.51. The van der Waals surface area contributed by atoms with E-state index in [0.717, 1.165) is 31.2 Å². The van der Waals surface area contributed by atoms with E-state index in [1.807, 2.05) is 12.1 Å². The van der Waals surface area contributed by atoms with Crippen molar-refractivity contribution in [1.82, 2.24) is 10.6 Å². The number of rotatable bonds is 6. The number of ether oxygens (including phenoxy) is 1. The summed E-state index contributed by atoms with van der Waals surface area (Å²) in [6.07, 6.45) is 0.929. The fourth-order valence-electron chi connectivity index (χ4n) is 1.68. The first-order chi connectivity index (χ1) is 9.15. The van der Waals surface area contributed by atoms with Gasteiger partial charge in [-0.3, -0.25) is 4.99 Å². The van der Waals surface area contributed by atoms with Crippen LogP contribution in [0.2, 0.25) is 0 Å². The summed E-state index contributed by atoms with van der Waals surface area (Å²) in [4.78, 5) is 4.55. The van der Waals surface area contributed by atoms with Crippen LogP contribution in [0.1, 0.15) is 26.3 Å². The molecule has 4 nitrogen and oxygen atoms in total. The van der Waals surface area contributed by atoms with Gasteiger partial charge >= 0.3 is 0 Å². The summed E-state index contributed by atoms with van der Waals surface area (Å²) in [7, 11) is 1.68. The Balaban J connectivity index is 0.00000361. The molecule has 0 amide bonds. The van der Waals surface area contributed by atoms with Crippen molar-refractivity contribution in [2.45, 2.75) is 33.2 Å². The Morgan fingerprint density at radius 1 is 1.25 bits per heavy atom. The van der Waals surface area contributed by atoms with Gasteiger partial charge in [0.2, 0.25) is 0 Å². The van der Waals surface area contributed by atoms with Crippen LogP contribution in [0.15, 0.2) is 29.3 Å². The molecule has 5 heteroatoms. The SMILES string of the molecule is CCNC(=NCCc1ccc(OC)cc1)NC(C)C.I. The minimum absolute atomic E-state index is 0. The second-order valence-corrected chi connectivity index (χ2v) is 4.66. The van der Waals surface area contributed by atoms with E-state index in [9.17, 15) is 0 Å². The third kappa shape index (κ3) is 7.57. The third-order valence-electron chi connectivity index (χ3n) is 2.60. The zero-order valence-corrected chi connectivity index (χ0v) is 15.1. The number of benzene rings is 1. The van der Waals surface area contributed by atoms with Gasteiger partial charge in [0.1, 0.15) is 5.75 Å². The van der Waals surface area contributed by atoms with Crippen LogP contribution in [0.4, 0.5) is 0 Å². The van der Waals surface area contributed by atoms with E-state index in [1.165, 1.54) is 5.56 Å². The Bertz CT molecular complexity index is 391. The highest BCUT2D eigenvalue weighted by Gasteiger charge is 1.99. The Hall–Kier alpha value is -0.980. The number of nitrogens with zero attached hydrogens (tertiary/aromatic N) is 1. The molecule has 0 atom stereocenters. The Labute approximate surface area is 139 Å². The molecule has 114 valence electrons. The van der Waals surface area contributed by atoms with E-state index in [0.29, 0.717) is 6.04 Å². The highest BCUT2D eigenvalue weighted by atomic mass is 127. The molecular weight excluding hydrogens is 365 g/mol. The van der Waals surface area contributed by atoms with Gasteiger partial charge in [0.25, 0.3) is 0 Å². The van der Waals surface area contributed by atoms with E-state index < -0.39 is 0 Å². The van der Waals surface area contributed by atoms with Crippen molar-refractivity contribution in [3.05, 3.63) is 29.8 Å². The molecule has 0 saturated heterocycles. The lowest BCUT2D eigenvalue weighted by Gasteiger charge is -2.13. The van der Waals surface area contributed by atoms with Crippen LogP contribution in [0.5, 0.6) is 5.75 Å². The number of aliphatic imine (C=N–C) groups is 1. The zero-order chi connectivity index (χ0) is 14.1. The van der Waals surface area contributed by atoms with E-state index in [-0.39, 0.29) is 24.0 Å². The van der Waals surface area contributed by atoms with Gasteiger partial charge in [-0.25, -0.2) is 0 Å². The van der Waals surface area contributed by atoms with Gasteiger partial charge in [-0.2, -0.15) is 0 Å². The van der Waals surface area contributed by atoms with Crippen molar-refractivity contribution < 1.29 is 4.74 Å². The van der Waals surface area contributed by atoms with Gasteiger partial charge in [0.05, 0.1) is 7.11 Å². The molecule has 0 unspecified atom stereocenters. The molecule has 0 aliphatic heterocycles. The summed E-state index contributed by atoms with van der Waals surface area (Å²) < 4.78 is 5.14. The maximum Gasteiger partial charge on any atom is 0.191 e. The number of hydrogen-bond donors (Lipinski definition) is 2. The summed E-state index contributed by atoms with van der Waals surface area (Å²) in [5.41, 5.74) is 1.27.